The Morgan fingerprint density at radius 1 is 1.18 bits per heavy atom. The second-order valence-electron chi connectivity index (χ2n) is 3.98. The van der Waals surface area contributed by atoms with Gasteiger partial charge in [-0.1, -0.05) is 0 Å². The first-order chi connectivity index (χ1) is 8.09. The van der Waals surface area contributed by atoms with Crippen molar-refractivity contribution in [2.45, 2.75) is 4.90 Å². The Kier molecular flexibility index (Phi) is 6.47. The van der Waals surface area contributed by atoms with Crippen LogP contribution in [0.15, 0.2) is 23.1 Å². The number of nitrogens with one attached hydrogen (secondary N) is 1. The fourth-order valence-corrected chi connectivity index (χ4v) is 2.07. The van der Waals surface area contributed by atoms with E-state index in [9.17, 15) is 8.78 Å². The van der Waals surface area contributed by atoms with E-state index in [0.29, 0.717) is 0 Å². The molecule has 2 nitrogen and oxygen atoms in total. The van der Waals surface area contributed by atoms with E-state index in [1.807, 2.05) is 14.1 Å². The Bertz CT molecular complexity index is 345. The second-order valence-corrected chi connectivity index (χ2v) is 5.15. The molecule has 0 unspecified atom stereocenters. The van der Waals surface area contributed by atoms with Crippen molar-refractivity contribution in [1.82, 2.24) is 10.2 Å². The summed E-state index contributed by atoms with van der Waals surface area (Å²) in [5.74, 6) is -0.729. The molecule has 0 aromatic heterocycles. The van der Waals surface area contributed by atoms with Gasteiger partial charge < -0.3 is 10.2 Å². The maximum Gasteiger partial charge on any atom is 0.159 e. The lowest BCUT2D eigenvalue weighted by Gasteiger charge is -2.10. The Hall–Kier alpha value is -0.650. The van der Waals surface area contributed by atoms with Crippen molar-refractivity contribution < 1.29 is 8.78 Å². The van der Waals surface area contributed by atoms with E-state index in [0.717, 1.165) is 36.3 Å². The van der Waals surface area contributed by atoms with Crippen molar-refractivity contribution in [1.29, 1.82) is 0 Å². The SMILES string of the molecule is CN(C)CCNCCSc1ccc(F)c(F)c1. The van der Waals surface area contributed by atoms with Gasteiger partial charge in [-0.15, -0.1) is 11.8 Å². The largest absolute Gasteiger partial charge is 0.315 e. The number of thioether (sulfide) groups is 1. The van der Waals surface area contributed by atoms with E-state index in [1.54, 1.807) is 6.07 Å². The summed E-state index contributed by atoms with van der Waals surface area (Å²) < 4.78 is 25.6. The number of hydrogen-bond donors (Lipinski definition) is 1. The first-order valence-electron chi connectivity index (χ1n) is 5.53. The van der Waals surface area contributed by atoms with E-state index in [2.05, 4.69) is 10.2 Å². The summed E-state index contributed by atoms with van der Waals surface area (Å²) in [7, 11) is 4.05. The van der Waals surface area contributed by atoms with Gasteiger partial charge in [0.05, 0.1) is 0 Å². The van der Waals surface area contributed by atoms with Crippen molar-refractivity contribution in [3.63, 3.8) is 0 Å². The summed E-state index contributed by atoms with van der Waals surface area (Å²) >= 11 is 1.52. The van der Waals surface area contributed by atoms with Crippen LogP contribution in [0.4, 0.5) is 8.78 Å². The highest BCUT2D eigenvalue weighted by Gasteiger charge is 2.02. The summed E-state index contributed by atoms with van der Waals surface area (Å²) in [5.41, 5.74) is 0. The zero-order valence-electron chi connectivity index (χ0n) is 10.2. The smallest absolute Gasteiger partial charge is 0.159 e. The zero-order valence-corrected chi connectivity index (χ0v) is 11.0. The Labute approximate surface area is 105 Å². The maximum absolute atomic E-state index is 12.9. The summed E-state index contributed by atoms with van der Waals surface area (Å²) in [6.45, 7) is 2.79. The number of nitrogens with zero attached hydrogens (tertiary/aromatic N) is 1. The van der Waals surface area contributed by atoms with Gasteiger partial charge in [-0.2, -0.15) is 0 Å². The average molecular weight is 260 g/mol. The minimum Gasteiger partial charge on any atom is -0.315 e. The van der Waals surface area contributed by atoms with E-state index >= 15 is 0 Å². The van der Waals surface area contributed by atoms with Crippen LogP contribution in [0.5, 0.6) is 0 Å². The van der Waals surface area contributed by atoms with Gasteiger partial charge in [0.25, 0.3) is 0 Å². The lowest BCUT2D eigenvalue weighted by Crippen LogP contribution is -2.27. The summed E-state index contributed by atoms with van der Waals surface area (Å²) in [4.78, 5) is 2.87. The lowest BCUT2D eigenvalue weighted by atomic mass is 10.3. The molecule has 1 N–H and O–H groups in total. The van der Waals surface area contributed by atoms with Crippen molar-refractivity contribution in [2.75, 3.05) is 39.5 Å². The van der Waals surface area contributed by atoms with Crippen LogP contribution < -0.4 is 5.32 Å². The fourth-order valence-electron chi connectivity index (χ4n) is 1.24. The van der Waals surface area contributed by atoms with Gasteiger partial charge in [0.15, 0.2) is 11.6 Å². The van der Waals surface area contributed by atoms with Gasteiger partial charge in [-0.05, 0) is 32.3 Å². The Morgan fingerprint density at radius 3 is 2.59 bits per heavy atom. The zero-order chi connectivity index (χ0) is 12.7. The molecule has 1 rings (SSSR count). The van der Waals surface area contributed by atoms with Crippen LogP contribution in [0.3, 0.4) is 0 Å². The number of likely N-dealkylation sites (N-methyl/N-ethyl adjacent to an activating group) is 1. The topological polar surface area (TPSA) is 15.3 Å². The maximum atomic E-state index is 12.9. The van der Waals surface area contributed by atoms with Gasteiger partial charge in [-0.25, -0.2) is 8.78 Å². The second kappa shape index (κ2) is 7.63. The highest BCUT2D eigenvalue weighted by atomic mass is 32.2. The molecule has 0 radical (unpaired) electrons. The molecule has 1 aromatic rings. The molecule has 0 aliphatic rings. The molecule has 5 heteroatoms. The predicted molar refractivity (Wildman–Crippen MR) is 68.5 cm³/mol. The minimum atomic E-state index is -0.793. The number of rotatable bonds is 7. The summed E-state index contributed by atoms with van der Waals surface area (Å²) in [6.07, 6.45) is 0. The predicted octanol–water partition coefficient (Wildman–Crippen LogP) is 2.21. The first kappa shape index (κ1) is 14.4. The molecule has 0 aliphatic heterocycles. The fraction of sp³-hybridized carbons (Fsp3) is 0.500. The third-order valence-corrected chi connectivity index (χ3v) is 3.17. The Morgan fingerprint density at radius 2 is 1.94 bits per heavy atom. The van der Waals surface area contributed by atoms with Crippen molar-refractivity contribution in [2.24, 2.45) is 0 Å². The van der Waals surface area contributed by atoms with Gasteiger partial charge >= 0.3 is 0 Å². The summed E-state index contributed by atoms with van der Waals surface area (Å²) in [5, 5.41) is 3.28. The Balaban J connectivity index is 2.16. The number of halogens is 2. The van der Waals surface area contributed by atoms with E-state index in [-0.39, 0.29) is 0 Å². The van der Waals surface area contributed by atoms with Crippen molar-refractivity contribution in [3.05, 3.63) is 29.8 Å². The van der Waals surface area contributed by atoms with Gasteiger partial charge in [0.2, 0.25) is 0 Å². The first-order valence-corrected chi connectivity index (χ1v) is 6.51. The van der Waals surface area contributed by atoms with E-state index in [4.69, 9.17) is 0 Å². The monoisotopic (exact) mass is 260 g/mol. The third-order valence-electron chi connectivity index (χ3n) is 2.17. The minimum absolute atomic E-state index is 0.762. The molecule has 0 spiro atoms. The molecule has 0 fully saturated rings. The molecular formula is C12H18F2N2S. The molecule has 0 aliphatic carbocycles. The van der Waals surface area contributed by atoms with Crippen molar-refractivity contribution in [3.8, 4) is 0 Å². The van der Waals surface area contributed by atoms with Crippen LogP contribution in [-0.2, 0) is 0 Å². The quantitative estimate of drug-likeness (QED) is 0.598. The van der Waals surface area contributed by atoms with Crippen LogP contribution in [0.25, 0.3) is 0 Å². The molecule has 96 valence electrons. The van der Waals surface area contributed by atoms with E-state index < -0.39 is 11.6 Å². The van der Waals surface area contributed by atoms with Crippen LogP contribution in [0.2, 0.25) is 0 Å². The van der Waals surface area contributed by atoms with Crippen LogP contribution >= 0.6 is 11.8 Å². The number of hydrogen-bond acceptors (Lipinski definition) is 3. The molecule has 17 heavy (non-hydrogen) atoms. The van der Waals surface area contributed by atoms with Crippen LogP contribution in [-0.4, -0.2) is 44.4 Å². The van der Waals surface area contributed by atoms with Gasteiger partial charge in [-0.3, -0.25) is 0 Å². The molecule has 0 atom stereocenters. The molecule has 0 saturated carbocycles. The molecule has 0 amide bonds. The van der Waals surface area contributed by atoms with E-state index in [1.165, 1.54) is 17.8 Å². The van der Waals surface area contributed by atoms with Crippen LogP contribution in [0, 0.1) is 11.6 Å². The van der Waals surface area contributed by atoms with Crippen LogP contribution in [0.1, 0.15) is 0 Å². The van der Waals surface area contributed by atoms with Gasteiger partial charge in [0.1, 0.15) is 0 Å². The normalized spacial score (nSPS) is 11.1. The third kappa shape index (κ3) is 6.00. The van der Waals surface area contributed by atoms with Crippen molar-refractivity contribution >= 4 is 11.8 Å². The highest BCUT2D eigenvalue weighted by molar-refractivity contribution is 7.99. The molecule has 0 saturated heterocycles. The molecule has 0 bridgehead atoms. The lowest BCUT2D eigenvalue weighted by molar-refractivity contribution is 0.403. The number of benzene rings is 1. The molecule has 0 heterocycles. The summed E-state index contributed by atoms with van der Waals surface area (Å²) in [6, 6.07) is 4.00. The molecular weight excluding hydrogens is 242 g/mol. The highest BCUT2D eigenvalue weighted by Crippen LogP contribution is 2.19. The van der Waals surface area contributed by atoms with Gasteiger partial charge in [0, 0.05) is 30.3 Å². The molecule has 1 aromatic carbocycles. The average Bonchev–Trinajstić information content (AvgIpc) is 2.27. The standard InChI is InChI=1S/C12H18F2N2S/c1-16(2)7-5-15-6-8-17-10-3-4-11(13)12(14)9-10/h3-4,9,15H,5-8H2,1-2H3.